The Hall–Kier alpha value is -1.35. The first kappa shape index (κ1) is 10.2. The van der Waals surface area contributed by atoms with Gasteiger partial charge in [0.2, 0.25) is 5.91 Å². The van der Waals surface area contributed by atoms with Crippen molar-refractivity contribution in [1.82, 2.24) is 5.32 Å². The SMILES string of the molecule is CC1(C)CC(O)(c2ccccc2)NC1=O. The lowest BCUT2D eigenvalue weighted by Gasteiger charge is -2.23. The fourth-order valence-electron chi connectivity index (χ4n) is 2.01. The van der Waals surface area contributed by atoms with Crippen molar-refractivity contribution in [3.8, 4) is 0 Å². The van der Waals surface area contributed by atoms with Crippen molar-refractivity contribution in [1.29, 1.82) is 0 Å². The first-order valence-electron chi connectivity index (χ1n) is 5.05. The first-order valence-corrected chi connectivity index (χ1v) is 5.05. The summed E-state index contributed by atoms with van der Waals surface area (Å²) < 4.78 is 0. The Kier molecular flexibility index (Phi) is 2.08. The van der Waals surface area contributed by atoms with Gasteiger partial charge >= 0.3 is 0 Å². The molecule has 2 N–H and O–H groups in total. The maximum atomic E-state index is 11.6. The Bertz CT molecular complexity index is 386. The monoisotopic (exact) mass is 205 g/mol. The number of nitrogens with one attached hydrogen (secondary N) is 1. The number of carbonyl (C=O) groups is 1. The molecule has 0 saturated carbocycles. The minimum absolute atomic E-state index is 0.103. The van der Waals surface area contributed by atoms with Crippen LogP contribution in [0.3, 0.4) is 0 Å². The molecule has 1 aromatic carbocycles. The Morgan fingerprint density at radius 3 is 2.33 bits per heavy atom. The van der Waals surface area contributed by atoms with Gasteiger partial charge in [-0.2, -0.15) is 0 Å². The molecule has 3 nitrogen and oxygen atoms in total. The highest BCUT2D eigenvalue weighted by molar-refractivity contribution is 5.85. The lowest BCUT2D eigenvalue weighted by Crippen LogP contribution is -2.38. The normalized spacial score (nSPS) is 28.9. The smallest absolute Gasteiger partial charge is 0.228 e. The summed E-state index contributed by atoms with van der Waals surface area (Å²) in [5, 5.41) is 13.0. The Labute approximate surface area is 89.1 Å². The molecule has 0 aromatic heterocycles. The van der Waals surface area contributed by atoms with Crippen LogP contribution in [0.2, 0.25) is 0 Å². The number of rotatable bonds is 1. The molecule has 1 aromatic rings. The van der Waals surface area contributed by atoms with E-state index in [-0.39, 0.29) is 5.91 Å². The van der Waals surface area contributed by atoms with Gasteiger partial charge in [0.1, 0.15) is 0 Å². The van der Waals surface area contributed by atoms with E-state index in [0.29, 0.717) is 6.42 Å². The van der Waals surface area contributed by atoms with Gasteiger partial charge in [0.15, 0.2) is 5.72 Å². The number of amides is 1. The van der Waals surface area contributed by atoms with Crippen LogP contribution in [0.25, 0.3) is 0 Å². The van der Waals surface area contributed by atoms with E-state index in [1.54, 1.807) is 0 Å². The summed E-state index contributed by atoms with van der Waals surface area (Å²) in [5.74, 6) is -0.103. The van der Waals surface area contributed by atoms with E-state index in [9.17, 15) is 9.90 Å². The minimum atomic E-state index is -1.21. The molecule has 1 unspecified atom stereocenters. The van der Waals surface area contributed by atoms with Crippen molar-refractivity contribution in [2.75, 3.05) is 0 Å². The zero-order valence-electron chi connectivity index (χ0n) is 8.95. The fraction of sp³-hybridized carbons (Fsp3) is 0.417. The average Bonchev–Trinajstić information content (AvgIpc) is 2.38. The summed E-state index contributed by atoms with van der Waals surface area (Å²) in [6.45, 7) is 3.67. The summed E-state index contributed by atoms with van der Waals surface area (Å²) in [6.07, 6.45) is 0.406. The van der Waals surface area contributed by atoms with Gasteiger partial charge in [0.25, 0.3) is 0 Å². The van der Waals surface area contributed by atoms with Crippen LogP contribution in [0.4, 0.5) is 0 Å². The van der Waals surface area contributed by atoms with Crippen molar-refractivity contribution in [2.24, 2.45) is 5.41 Å². The van der Waals surface area contributed by atoms with Crippen molar-refractivity contribution in [3.05, 3.63) is 35.9 Å². The predicted molar refractivity (Wildman–Crippen MR) is 56.9 cm³/mol. The molecular formula is C12H15NO2. The van der Waals surface area contributed by atoms with Gasteiger partial charge in [-0.25, -0.2) is 0 Å². The van der Waals surface area contributed by atoms with Crippen LogP contribution in [-0.2, 0) is 10.5 Å². The van der Waals surface area contributed by atoms with Crippen molar-refractivity contribution >= 4 is 5.91 Å². The van der Waals surface area contributed by atoms with Crippen LogP contribution in [0.15, 0.2) is 30.3 Å². The number of hydrogen-bond donors (Lipinski definition) is 2. The minimum Gasteiger partial charge on any atom is -0.367 e. The second kappa shape index (κ2) is 3.07. The van der Waals surface area contributed by atoms with E-state index in [1.165, 1.54) is 0 Å². The molecule has 80 valence electrons. The molecule has 1 amide bonds. The lowest BCUT2D eigenvalue weighted by molar-refractivity contribution is -0.127. The number of benzene rings is 1. The first-order chi connectivity index (χ1) is 6.94. The Morgan fingerprint density at radius 2 is 1.87 bits per heavy atom. The molecule has 1 heterocycles. The van der Waals surface area contributed by atoms with E-state index < -0.39 is 11.1 Å². The van der Waals surface area contributed by atoms with E-state index in [1.807, 2.05) is 44.2 Å². The molecule has 1 atom stereocenters. The van der Waals surface area contributed by atoms with Crippen molar-refractivity contribution < 1.29 is 9.90 Å². The average molecular weight is 205 g/mol. The van der Waals surface area contributed by atoms with Crippen LogP contribution in [0.5, 0.6) is 0 Å². The summed E-state index contributed by atoms with van der Waals surface area (Å²) in [7, 11) is 0. The standard InChI is InChI=1S/C12H15NO2/c1-11(2)8-12(15,13-10(11)14)9-6-4-3-5-7-9/h3-7,15H,8H2,1-2H3,(H,13,14). The van der Waals surface area contributed by atoms with Gasteiger partial charge in [-0.3, -0.25) is 4.79 Å². The number of carbonyl (C=O) groups excluding carboxylic acids is 1. The van der Waals surface area contributed by atoms with Gasteiger partial charge in [-0.15, -0.1) is 0 Å². The maximum absolute atomic E-state index is 11.6. The van der Waals surface area contributed by atoms with Crippen LogP contribution < -0.4 is 5.32 Å². The molecule has 1 aliphatic heterocycles. The Morgan fingerprint density at radius 1 is 1.27 bits per heavy atom. The largest absolute Gasteiger partial charge is 0.367 e. The van der Waals surface area contributed by atoms with Gasteiger partial charge in [0, 0.05) is 17.4 Å². The molecule has 3 heteroatoms. The molecule has 0 bridgehead atoms. The molecular weight excluding hydrogens is 190 g/mol. The van der Waals surface area contributed by atoms with Crippen molar-refractivity contribution in [3.63, 3.8) is 0 Å². The summed E-state index contributed by atoms with van der Waals surface area (Å²) >= 11 is 0. The second-order valence-corrected chi connectivity index (χ2v) is 4.74. The van der Waals surface area contributed by atoms with Crippen LogP contribution in [-0.4, -0.2) is 11.0 Å². The number of hydrogen-bond acceptors (Lipinski definition) is 2. The molecule has 0 aliphatic carbocycles. The highest BCUT2D eigenvalue weighted by Gasteiger charge is 2.48. The quantitative estimate of drug-likeness (QED) is 0.727. The topological polar surface area (TPSA) is 49.3 Å². The summed E-state index contributed by atoms with van der Waals surface area (Å²) in [4.78, 5) is 11.6. The number of aliphatic hydroxyl groups is 1. The summed E-state index contributed by atoms with van der Waals surface area (Å²) in [6, 6.07) is 9.23. The molecule has 1 saturated heterocycles. The zero-order valence-corrected chi connectivity index (χ0v) is 8.95. The van der Waals surface area contributed by atoms with Crippen LogP contribution in [0.1, 0.15) is 25.8 Å². The Balaban J connectivity index is 2.36. The maximum Gasteiger partial charge on any atom is 0.228 e. The second-order valence-electron chi connectivity index (χ2n) is 4.74. The fourth-order valence-corrected chi connectivity index (χ4v) is 2.01. The molecule has 1 fully saturated rings. The molecule has 0 radical (unpaired) electrons. The van der Waals surface area contributed by atoms with Gasteiger partial charge in [0.05, 0.1) is 0 Å². The third-order valence-corrected chi connectivity index (χ3v) is 2.88. The highest BCUT2D eigenvalue weighted by atomic mass is 16.3. The lowest BCUT2D eigenvalue weighted by atomic mass is 9.86. The van der Waals surface area contributed by atoms with Crippen LogP contribution in [0, 0.1) is 5.41 Å². The van der Waals surface area contributed by atoms with E-state index in [4.69, 9.17) is 0 Å². The van der Waals surface area contributed by atoms with E-state index in [0.717, 1.165) is 5.56 Å². The summed E-state index contributed by atoms with van der Waals surface area (Å²) in [5.41, 5.74) is -0.976. The van der Waals surface area contributed by atoms with Gasteiger partial charge < -0.3 is 10.4 Å². The highest BCUT2D eigenvalue weighted by Crippen LogP contribution is 2.39. The third-order valence-electron chi connectivity index (χ3n) is 2.88. The molecule has 15 heavy (non-hydrogen) atoms. The predicted octanol–water partition coefficient (Wildman–Crippen LogP) is 1.38. The molecule has 2 rings (SSSR count). The van der Waals surface area contributed by atoms with Crippen molar-refractivity contribution in [2.45, 2.75) is 26.0 Å². The van der Waals surface area contributed by atoms with E-state index in [2.05, 4.69) is 5.32 Å². The van der Waals surface area contributed by atoms with Gasteiger partial charge in [-0.1, -0.05) is 44.2 Å². The third kappa shape index (κ3) is 1.63. The zero-order chi connectivity index (χ0) is 11.1. The molecule has 0 spiro atoms. The van der Waals surface area contributed by atoms with Gasteiger partial charge in [-0.05, 0) is 0 Å². The van der Waals surface area contributed by atoms with E-state index >= 15 is 0 Å². The molecule has 1 aliphatic rings. The van der Waals surface area contributed by atoms with Crippen LogP contribution >= 0.6 is 0 Å².